The fourth-order valence-corrected chi connectivity index (χ4v) is 3.43. The Kier molecular flexibility index (Phi) is 4.15. The number of nitrogens with zero attached hydrogens (tertiary/aromatic N) is 2. The van der Waals surface area contributed by atoms with E-state index in [9.17, 15) is 4.79 Å². The molecule has 0 unspecified atom stereocenters. The van der Waals surface area contributed by atoms with Crippen LogP contribution in [0.15, 0.2) is 30.3 Å². The molecule has 2 fully saturated rings. The standard InChI is InChI=1S/C17H24N2O2/c1-17(15-6-3-2-4-7-15)8-5-9-19(14-17)16(20)18-10-12-21-13-11-18/h2-4,6-7H,5,8-14H2,1H3/t17-/m1/s1. The summed E-state index contributed by atoms with van der Waals surface area (Å²) in [4.78, 5) is 16.6. The van der Waals surface area contributed by atoms with Crippen molar-refractivity contribution in [3.8, 4) is 0 Å². The van der Waals surface area contributed by atoms with E-state index in [1.165, 1.54) is 5.56 Å². The van der Waals surface area contributed by atoms with Crippen LogP contribution in [-0.2, 0) is 10.2 Å². The van der Waals surface area contributed by atoms with E-state index in [1.54, 1.807) is 0 Å². The molecule has 0 spiro atoms. The van der Waals surface area contributed by atoms with Crippen molar-refractivity contribution in [1.29, 1.82) is 0 Å². The first-order valence-electron chi connectivity index (χ1n) is 7.86. The van der Waals surface area contributed by atoms with Gasteiger partial charge >= 0.3 is 6.03 Å². The van der Waals surface area contributed by atoms with Crippen LogP contribution in [-0.4, -0.2) is 55.2 Å². The van der Waals surface area contributed by atoms with Gasteiger partial charge in [0.05, 0.1) is 13.2 Å². The van der Waals surface area contributed by atoms with Gasteiger partial charge in [-0.2, -0.15) is 0 Å². The predicted octanol–water partition coefficient (Wildman–Crippen LogP) is 2.49. The lowest BCUT2D eigenvalue weighted by molar-refractivity contribution is 0.0381. The Morgan fingerprint density at radius 1 is 1.10 bits per heavy atom. The van der Waals surface area contributed by atoms with Gasteiger partial charge in [-0.05, 0) is 18.4 Å². The highest BCUT2D eigenvalue weighted by atomic mass is 16.5. The third-order valence-corrected chi connectivity index (χ3v) is 4.72. The van der Waals surface area contributed by atoms with Gasteiger partial charge in [-0.25, -0.2) is 4.79 Å². The summed E-state index contributed by atoms with van der Waals surface area (Å²) >= 11 is 0. The Bertz CT molecular complexity index is 485. The summed E-state index contributed by atoms with van der Waals surface area (Å²) in [5.41, 5.74) is 1.41. The van der Waals surface area contributed by atoms with Crippen molar-refractivity contribution < 1.29 is 9.53 Å². The second kappa shape index (κ2) is 6.06. The zero-order valence-electron chi connectivity index (χ0n) is 12.8. The monoisotopic (exact) mass is 288 g/mol. The third-order valence-electron chi connectivity index (χ3n) is 4.72. The van der Waals surface area contributed by atoms with Gasteiger partial charge in [0, 0.05) is 31.6 Å². The Morgan fingerprint density at radius 3 is 2.52 bits per heavy atom. The molecule has 2 aliphatic heterocycles. The highest BCUT2D eigenvalue weighted by Gasteiger charge is 2.36. The van der Waals surface area contributed by atoms with Crippen molar-refractivity contribution >= 4 is 6.03 Å². The molecular formula is C17H24N2O2. The largest absolute Gasteiger partial charge is 0.378 e. The molecule has 2 aliphatic rings. The summed E-state index contributed by atoms with van der Waals surface area (Å²) in [6.07, 6.45) is 2.21. The number of hydrogen-bond acceptors (Lipinski definition) is 2. The van der Waals surface area contributed by atoms with Crippen molar-refractivity contribution in [2.45, 2.75) is 25.2 Å². The van der Waals surface area contributed by atoms with Gasteiger partial charge in [-0.15, -0.1) is 0 Å². The zero-order chi connectivity index (χ0) is 14.7. The quantitative estimate of drug-likeness (QED) is 0.795. The molecular weight excluding hydrogens is 264 g/mol. The first kappa shape index (κ1) is 14.4. The number of carbonyl (C=O) groups excluding carboxylic acids is 1. The van der Waals surface area contributed by atoms with Crippen molar-refractivity contribution in [3.05, 3.63) is 35.9 Å². The molecule has 2 amide bonds. The lowest BCUT2D eigenvalue weighted by Gasteiger charge is -2.43. The first-order chi connectivity index (χ1) is 10.2. The smallest absolute Gasteiger partial charge is 0.320 e. The van der Waals surface area contributed by atoms with Crippen molar-refractivity contribution in [2.24, 2.45) is 0 Å². The number of carbonyl (C=O) groups is 1. The maximum Gasteiger partial charge on any atom is 0.320 e. The summed E-state index contributed by atoms with van der Waals surface area (Å²) in [5, 5.41) is 0. The molecule has 4 nitrogen and oxygen atoms in total. The average Bonchev–Trinajstić information content (AvgIpc) is 2.56. The molecule has 1 aromatic rings. The Labute approximate surface area is 126 Å². The van der Waals surface area contributed by atoms with Gasteiger partial charge in [0.2, 0.25) is 0 Å². The Balaban J connectivity index is 1.72. The van der Waals surface area contributed by atoms with Crippen LogP contribution >= 0.6 is 0 Å². The molecule has 114 valence electrons. The number of benzene rings is 1. The molecule has 1 aromatic carbocycles. The number of likely N-dealkylation sites (tertiary alicyclic amines) is 1. The zero-order valence-corrected chi connectivity index (χ0v) is 12.8. The molecule has 0 saturated carbocycles. The predicted molar refractivity (Wildman–Crippen MR) is 82.4 cm³/mol. The molecule has 0 bridgehead atoms. The Morgan fingerprint density at radius 2 is 1.81 bits per heavy atom. The highest BCUT2D eigenvalue weighted by molar-refractivity contribution is 5.75. The molecule has 0 radical (unpaired) electrons. The maximum atomic E-state index is 12.7. The van der Waals surface area contributed by atoms with Crippen LogP contribution in [0.1, 0.15) is 25.3 Å². The van der Waals surface area contributed by atoms with Crippen LogP contribution in [0.5, 0.6) is 0 Å². The second-order valence-corrected chi connectivity index (χ2v) is 6.33. The van der Waals surface area contributed by atoms with Crippen molar-refractivity contribution in [3.63, 3.8) is 0 Å². The fourth-order valence-electron chi connectivity index (χ4n) is 3.43. The van der Waals surface area contributed by atoms with E-state index in [2.05, 4.69) is 31.2 Å². The minimum Gasteiger partial charge on any atom is -0.378 e. The summed E-state index contributed by atoms with van der Waals surface area (Å²) < 4.78 is 5.34. The van der Waals surface area contributed by atoms with E-state index in [-0.39, 0.29) is 11.4 Å². The van der Waals surface area contributed by atoms with Crippen LogP contribution < -0.4 is 0 Å². The average molecular weight is 288 g/mol. The van der Waals surface area contributed by atoms with E-state index in [4.69, 9.17) is 4.74 Å². The van der Waals surface area contributed by atoms with E-state index in [0.29, 0.717) is 13.2 Å². The number of ether oxygens (including phenoxy) is 1. The summed E-state index contributed by atoms with van der Waals surface area (Å²) in [6.45, 7) is 6.73. The van der Waals surface area contributed by atoms with Gasteiger partial charge in [0.1, 0.15) is 0 Å². The van der Waals surface area contributed by atoms with Crippen LogP contribution in [0.4, 0.5) is 4.79 Å². The normalized spacial score (nSPS) is 26.7. The molecule has 0 aromatic heterocycles. The minimum atomic E-state index is 0.0709. The molecule has 4 heteroatoms. The molecule has 3 rings (SSSR count). The minimum absolute atomic E-state index is 0.0709. The maximum absolute atomic E-state index is 12.7. The highest BCUT2D eigenvalue weighted by Crippen LogP contribution is 2.33. The molecule has 0 aliphatic carbocycles. The second-order valence-electron chi connectivity index (χ2n) is 6.33. The summed E-state index contributed by atoms with van der Waals surface area (Å²) in [7, 11) is 0. The van der Waals surface area contributed by atoms with E-state index in [1.807, 2.05) is 15.9 Å². The van der Waals surface area contributed by atoms with Gasteiger partial charge < -0.3 is 14.5 Å². The van der Waals surface area contributed by atoms with Crippen LogP contribution in [0.25, 0.3) is 0 Å². The fraction of sp³-hybridized carbons (Fsp3) is 0.588. The van der Waals surface area contributed by atoms with Gasteiger partial charge in [0.25, 0.3) is 0 Å². The molecule has 0 N–H and O–H groups in total. The van der Waals surface area contributed by atoms with E-state index in [0.717, 1.165) is 39.0 Å². The lowest BCUT2D eigenvalue weighted by Crippen LogP contribution is -2.54. The van der Waals surface area contributed by atoms with E-state index >= 15 is 0 Å². The van der Waals surface area contributed by atoms with E-state index < -0.39 is 0 Å². The first-order valence-corrected chi connectivity index (χ1v) is 7.86. The van der Waals surface area contributed by atoms with Crippen molar-refractivity contribution in [1.82, 2.24) is 9.80 Å². The molecule has 2 saturated heterocycles. The van der Waals surface area contributed by atoms with Crippen LogP contribution in [0, 0.1) is 0 Å². The molecule has 1 atom stereocenters. The van der Waals surface area contributed by atoms with Crippen LogP contribution in [0.3, 0.4) is 0 Å². The Hall–Kier alpha value is -1.55. The van der Waals surface area contributed by atoms with Gasteiger partial charge in [-0.3, -0.25) is 0 Å². The van der Waals surface area contributed by atoms with Crippen LogP contribution in [0.2, 0.25) is 0 Å². The molecule has 2 heterocycles. The number of morpholine rings is 1. The number of urea groups is 1. The SMILES string of the molecule is C[C@@]1(c2ccccc2)CCCN(C(=O)N2CCOCC2)C1. The van der Waals surface area contributed by atoms with Gasteiger partial charge in [-0.1, -0.05) is 37.3 Å². The number of rotatable bonds is 1. The molecule has 21 heavy (non-hydrogen) atoms. The summed E-state index contributed by atoms with van der Waals surface area (Å²) in [5.74, 6) is 0. The van der Waals surface area contributed by atoms with Crippen molar-refractivity contribution in [2.75, 3.05) is 39.4 Å². The topological polar surface area (TPSA) is 32.8 Å². The number of amides is 2. The third kappa shape index (κ3) is 3.05. The lowest BCUT2D eigenvalue weighted by atomic mass is 9.76. The summed E-state index contributed by atoms with van der Waals surface area (Å²) in [6, 6.07) is 10.8. The number of hydrogen-bond donors (Lipinski definition) is 0. The number of piperidine rings is 1. The van der Waals surface area contributed by atoms with Gasteiger partial charge in [0.15, 0.2) is 0 Å².